The van der Waals surface area contributed by atoms with Gasteiger partial charge in [-0.15, -0.1) is 0 Å². The van der Waals surface area contributed by atoms with E-state index in [-0.39, 0.29) is 0 Å². The molecule has 0 atom stereocenters. The number of benzene rings is 1. The summed E-state index contributed by atoms with van der Waals surface area (Å²) in [6.45, 7) is 7.54. The first kappa shape index (κ1) is 13.5. The van der Waals surface area contributed by atoms with Gasteiger partial charge in [0.05, 0.1) is 11.4 Å². The molecule has 4 nitrogen and oxygen atoms in total. The van der Waals surface area contributed by atoms with Crippen LogP contribution in [0.25, 0.3) is 0 Å². The first-order chi connectivity index (χ1) is 9.15. The fourth-order valence-corrected chi connectivity index (χ4v) is 2.02. The summed E-state index contributed by atoms with van der Waals surface area (Å²) < 4.78 is 7.85. The average molecular weight is 259 g/mol. The second kappa shape index (κ2) is 5.78. The van der Waals surface area contributed by atoms with Crippen LogP contribution in [0.15, 0.2) is 24.3 Å². The van der Waals surface area contributed by atoms with Crippen molar-refractivity contribution in [1.82, 2.24) is 9.78 Å². The van der Waals surface area contributed by atoms with Crippen LogP contribution in [-0.4, -0.2) is 9.78 Å². The second-order valence-corrected chi connectivity index (χ2v) is 4.56. The van der Waals surface area contributed by atoms with Crippen molar-refractivity contribution in [3.63, 3.8) is 0 Å². The number of hydrogen-bond acceptors (Lipinski definition) is 3. The normalized spacial score (nSPS) is 10.7. The Balaban J connectivity index is 2.14. The van der Waals surface area contributed by atoms with Crippen LogP contribution >= 0.6 is 0 Å². The highest BCUT2D eigenvalue weighted by atomic mass is 16.5. The fraction of sp³-hybridized carbons (Fsp3) is 0.400. The van der Waals surface area contributed by atoms with Gasteiger partial charge in [0.1, 0.15) is 12.4 Å². The number of anilines is 1. The molecule has 1 heterocycles. The van der Waals surface area contributed by atoms with Crippen molar-refractivity contribution in [3.8, 4) is 5.75 Å². The summed E-state index contributed by atoms with van der Waals surface area (Å²) in [5.41, 5.74) is 9.82. The molecule has 0 saturated carbocycles. The molecule has 0 amide bonds. The van der Waals surface area contributed by atoms with Gasteiger partial charge in [0.2, 0.25) is 0 Å². The molecule has 1 aromatic carbocycles. The number of nitrogen functional groups attached to an aromatic ring is 1. The van der Waals surface area contributed by atoms with E-state index in [4.69, 9.17) is 10.5 Å². The fourth-order valence-electron chi connectivity index (χ4n) is 2.02. The Morgan fingerprint density at radius 2 is 2.11 bits per heavy atom. The van der Waals surface area contributed by atoms with Crippen LogP contribution < -0.4 is 10.5 Å². The van der Waals surface area contributed by atoms with Gasteiger partial charge in [0.15, 0.2) is 0 Å². The molecular weight excluding hydrogens is 238 g/mol. The lowest BCUT2D eigenvalue weighted by molar-refractivity contribution is 0.291. The zero-order chi connectivity index (χ0) is 13.8. The minimum Gasteiger partial charge on any atom is -0.487 e. The first-order valence-corrected chi connectivity index (χ1v) is 6.69. The third kappa shape index (κ3) is 2.89. The Morgan fingerprint density at radius 1 is 1.32 bits per heavy atom. The molecule has 19 heavy (non-hydrogen) atoms. The van der Waals surface area contributed by atoms with E-state index in [1.54, 1.807) is 0 Å². The molecule has 0 fully saturated rings. The Hall–Kier alpha value is -1.97. The van der Waals surface area contributed by atoms with E-state index in [0.29, 0.717) is 6.61 Å². The maximum absolute atomic E-state index is 5.87. The summed E-state index contributed by atoms with van der Waals surface area (Å²) in [6.07, 6.45) is 0.942. The molecule has 2 rings (SSSR count). The molecule has 0 aliphatic heterocycles. The molecule has 0 bridgehead atoms. The number of nitrogens with zero attached hydrogens (tertiary/aromatic N) is 2. The highest BCUT2D eigenvalue weighted by Crippen LogP contribution is 2.23. The predicted molar refractivity (Wildman–Crippen MR) is 77.2 cm³/mol. The summed E-state index contributed by atoms with van der Waals surface area (Å²) in [5.74, 6) is 0.835. The number of aryl methyl sites for hydroxylation is 2. The van der Waals surface area contributed by atoms with E-state index < -0.39 is 0 Å². The van der Waals surface area contributed by atoms with E-state index >= 15 is 0 Å². The largest absolute Gasteiger partial charge is 0.487 e. The van der Waals surface area contributed by atoms with Crippen molar-refractivity contribution in [3.05, 3.63) is 41.2 Å². The molecule has 0 aliphatic rings. The lowest BCUT2D eigenvalue weighted by Gasteiger charge is -2.11. The van der Waals surface area contributed by atoms with E-state index in [2.05, 4.69) is 25.0 Å². The lowest BCUT2D eigenvalue weighted by atomic mass is 10.2. The second-order valence-electron chi connectivity index (χ2n) is 4.56. The van der Waals surface area contributed by atoms with Crippen molar-refractivity contribution in [2.24, 2.45) is 0 Å². The van der Waals surface area contributed by atoms with Gasteiger partial charge < -0.3 is 10.5 Å². The molecule has 0 spiro atoms. The smallest absolute Gasteiger partial charge is 0.130 e. The third-order valence-corrected chi connectivity index (χ3v) is 3.28. The zero-order valence-electron chi connectivity index (χ0n) is 11.8. The maximum Gasteiger partial charge on any atom is 0.130 e. The Labute approximate surface area is 114 Å². The molecule has 102 valence electrons. The maximum atomic E-state index is 5.87. The molecule has 4 heteroatoms. The van der Waals surface area contributed by atoms with Gasteiger partial charge in [0.25, 0.3) is 0 Å². The molecule has 0 aliphatic carbocycles. The van der Waals surface area contributed by atoms with Crippen molar-refractivity contribution in [1.29, 1.82) is 0 Å². The Bertz CT molecular complexity index is 561. The summed E-state index contributed by atoms with van der Waals surface area (Å²) >= 11 is 0. The SMILES string of the molecule is CCc1cc(COc2cccc(N)c2C)n(CC)n1. The molecule has 2 aromatic rings. The number of nitrogens with two attached hydrogens (primary N) is 1. The summed E-state index contributed by atoms with van der Waals surface area (Å²) in [6, 6.07) is 7.84. The monoisotopic (exact) mass is 259 g/mol. The van der Waals surface area contributed by atoms with Crippen LogP contribution in [0.1, 0.15) is 30.8 Å². The van der Waals surface area contributed by atoms with Gasteiger partial charge in [-0.1, -0.05) is 13.0 Å². The van der Waals surface area contributed by atoms with Crippen LogP contribution in [0.4, 0.5) is 5.69 Å². The quantitative estimate of drug-likeness (QED) is 0.840. The van der Waals surface area contributed by atoms with Crippen LogP contribution in [0.2, 0.25) is 0 Å². The minimum atomic E-state index is 0.519. The van der Waals surface area contributed by atoms with Crippen LogP contribution in [0.3, 0.4) is 0 Å². The molecule has 1 aromatic heterocycles. The average Bonchev–Trinajstić information content (AvgIpc) is 2.83. The Morgan fingerprint density at radius 3 is 2.79 bits per heavy atom. The highest BCUT2D eigenvalue weighted by molar-refractivity contribution is 5.53. The lowest BCUT2D eigenvalue weighted by Crippen LogP contribution is -2.07. The van der Waals surface area contributed by atoms with E-state index in [0.717, 1.165) is 41.4 Å². The molecular formula is C15H21N3O. The van der Waals surface area contributed by atoms with Crippen LogP contribution in [-0.2, 0) is 19.6 Å². The van der Waals surface area contributed by atoms with Gasteiger partial charge >= 0.3 is 0 Å². The summed E-state index contributed by atoms with van der Waals surface area (Å²) in [5, 5.41) is 4.51. The van der Waals surface area contributed by atoms with Crippen LogP contribution in [0, 0.1) is 6.92 Å². The summed E-state index contributed by atoms with van der Waals surface area (Å²) in [4.78, 5) is 0. The van der Waals surface area contributed by atoms with E-state index in [9.17, 15) is 0 Å². The van der Waals surface area contributed by atoms with E-state index in [1.165, 1.54) is 0 Å². The first-order valence-electron chi connectivity index (χ1n) is 6.69. The van der Waals surface area contributed by atoms with E-state index in [1.807, 2.05) is 29.8 Å². The molecule has 0 radical (unpaired) electrons. The minimum absolute atomic E-state index is 0.519. The van der Waals surface area contributed by atoms with Gasteiger partial charge in [-0.2, -0.15) is 5.10 Å². The van der Waals surface area contributed by atoms with Gasteiger partial charge in [-0.3, -0.25) is 4.68 Å². The van der Waals surface area contributed by atoms with Crippen molar-refractivity contribution < 1.29 is 4.74 Å². The Kier molecular flexibility index (Phi) is 4.10. The van der Waals surface area contributed by atoms with Crippen molar-refractivity contribution in [2.75, 3.05) is 5.73 Å². The zero-order valence-corrected chi connectivity index (χ0v) is 11.8. The standard InChI is InChI=1S/C15H21N3O/c1-4-12-9-13(18(5-2)17-12)10-19-15-8-6-7-14(16)11(15)3/h6-9H,4-5,10,16H2,1-3H3. The van der Waals surface area contributed by atoms with Gasteiger partial charge in [-0.05, 0) is 38.5 Å². The number of aromatic nitrogens is 2. The number of rotatable bonds is 5. The number of hydrogen-bond donors (Lipinski definition) is 1. The molecule has 0 saturated heterocycles. The van der Waals surface area contributed by atoms with Crippen molar-refractivity contribution >= 4 is 5.69 Å². The third-order valence-electron chi connectivity index (χ3n) is 3.28. The molecule has 2 N–H and O–H groups in total. The molecule has 0 unspecified atom stereocenters. The van der Waals surface area contributed by atoms with Gasteiger partial charge in [-0.25, -0.2) is 0 Å². The van der Waals surface area contributed by atoms with Crippen LogP contribution in [0.5, 0.6) is 5.75 Å². The predicted octanol–water partition coefficient (Wildman–Crippen LogP) is 2.94. The highest BCUT2D eigenvalue weighted by Gasteiger charge is 2.08. The number of ether oxygens (including phenoxy) is 1. The topological polar surface area (TPSA) is 53.1 Å². The van der Waals surface area contributed by atoms with Gasteiger partial charge in [0, 0.05) is 17.8 Å². The van der Waals surface area contributed by atoms with Crippen molar-refractivity contribution in [2.45, 2.75) is 40.3 Å². The summed E-state index contributed by atoms with van der Waals surface area (Å²) in [7, 11) is 0.